The van der Waals surface area contributed by atoms with E-state index < -0.39 is 0 Å². The highest BCUT2D eigenvalue weighted by Gasteiger charge is 2.31. The fourth-order valence-corrected chi connectivity index (χ4v) is 1.61. The van der Waals surface area contributed by atoms with E-state index in [1.54, 1.807) is 0 Å². The molecule has 0 saturated carbocycles. The first-order valence-corrected chi connectivity index (χ1v) is 5.18. The molecule has 3 heteroatoms. The van der Waals surface area contributed by atoms with Gasteiger partial charge in [0.15, 0.2) is 0 Å². The maximum absolute atomic E-state index is 5.65. The lowest BCUT2D eigenvalue weighted by Crippen LogP contribution is -2.51. The van der Waals surface area contributed by atoms with Crippen molar-refractivity contribution in [2.75, 3.05) is 14.1 Å². The second kappa shape index (κ2) is 4.75. The van der Waals surface area contributed by atoms with E-state index in [0.717, 1.165) is 0 Å². The van der Waals surface area contributed by atoms with E-state index in [1.807, 2.05) is 18.2 Å². The maximum Gasteiger partial charge on any atom is 0.0638 e. The van der Waals surface area contributed by atoms with Crippen molar-refractivity contribution in [2.45, 2.75) is 25.4 Å². The van der Waals surface area contributed by atoms with Crippen molar-refractivity contribution in [3.05, 3.63) is 35.9 Å². The van der Waals surface area contributed by atoms with E-state index in [0.29, 0.717) is 0 Å². The predicted molar refractivity (Wildman–Crippen MR) is 64.3 cm³/mol. The molecule has 1 aromatic carbocycles. The van der Waals surface area contributed by atoms with E-state index in [9.17, 15) is 0 Å². The average Bonchev–Trinajstić information content (AvgIpc) is 2.19. The molecule has 0 saturated heterocycles. The van der Waals surface area contributed by atoms with Gasteiger partial charge < -0.3 is 4.90 Å². The minimum absolute atomic E-state index is 0.0316. The molecular formula is C12H21N3. The minimum Gasteiger partial charge on any atom is -0.302 e. The summed E-state index contributed by atoms with van der Waals surface area (Å²) < 4.78 is 0. The molecule has 0 aliphatic rings. The Labute approximate surface area is 92.2 Å². The minimum atomic E-state index is -0.0316. The summed E-state index contributed by atoms with van der Waals surface area (Å²) in [4.78, 5) is 2.17. The summed E-state index contributed by atoms with van der Waals surface area (Å²) in [6, 6.07) is 10.4. The Kier molecular flexibility index (Phi) is 3.85. The van der Waals surface area contributed by atoms with Crippen LogP contribution < -0.4 is 11.3 Å². The SMILES string of the molecule is CN(C)C(C)(C)C(NN)c1ccccc1. The highest BCUT2D eigenvalue weighted by atomic mass is 15.3. The number of nitrogens with two attached hydrogens (primary N) is 1. The number of nitrogens with one attached hydrogen (secondary N) is 1. The molecule has 0 aliphatic heterocycles. The quantitative estimate of drug-likeness (QED) is 0.581. The Morgan fingerprint density at radius 2 is 1.73 bits per heavy atom. The molecule has 1 unspecified atom stereocenters. The van der Waals surface area contributed by atoms with Crippen LogP contribution in [-0.2, 0) is 0 Å². The van der Waals surface area contributed by atoms with Crippen LogP contribution in [0.4, 0.5) is 0 Å². The van der Waals surface area contributed by atoms with Crippen LogP contribution in [0.15, 0.2) is 30.3 Å². The molecule has 0 bridgehead atoms. The molecule has 0 amide bonds. The number of benzene rings is 1. The van der Waals surface area contributed by atoms with Gasteiger partial charge in [0.1, 0.15) is 0 Å². The summed E-state index contributed by atoms with van der Waals surface area (Å²) in [7, 11) is 4.13. The Morgan fingerprint density at radius 3 is 2.13 bits per heavy atom. The Morgan fingerprint density at radius 1 is 1.20 bits per heavy atom. The molecule has 84 valence electrons. The van der Waals surface area contributed by atoms with Gasteiger partial charge in [-0.25, -0.2) is 0 Å². The van der Waals surface area contributed by atoms with Crippen molar-refractivity contribution >= 4 is 0 Å². The Bertz CT molecular complexity index is 293. The van der Waals surface area contributed by atoms with Crippen molar-refractivity contribution < 1.29 is 0 Å². The van der Waals surface area contributed by atoms with Crippen LogP contribution in [0, 0.1) is 0 Å². The summed E-state index contributed by atoms with van der Waals surface area (Å²) in [5.74, 6) is 5.65. The van der Waals surface area contributed by atoms with Crippen molar-refractivity contribution in [3.8, 4) is 0 Å². The smallest absolute Gasteiger partial charge is 0.0638 e. The van der Waals surface area contributed by atoms with Crippen LogP contribution in [0.1, 0.15) is 25.5 Å². The van der Waals surface area contributed by atoms with Gasteiger partial charge >= 0.3 is 0 Å². The molecule has 0 spiro atoms. The van der Waals surface area contributed by atoms with Gasteiger partial charge in [-0.3, -0.25) is 11.3 Å². The highest BCUT2D eigenvalue weighted by molar-refractivity contribution is 5.22. The maximum atomic E-state index is 5.65. The fourth-order valence-electron chi connectivity index (χ4n) is 1.61. The van der Waals surface area contributed by atoms with Gasteiger partial charge in [-0.1, -0.05) is 30.3 Å². The first kappa shape index (κ1) is 12.2. The molecular weight excluding hydrogens is 186 g/mol. The number of hydrazine groups is 1. The number of rotatable bonds is 4. The van der Waals surface area contributed by atoms with E-state index in [1.165, 1.54) is 5.56 Å². The largest absolute Gasteiger partial charge is 0.302 e. The zero-order valence-electron chi connectivity index (χ0n) is 9.99. The molecule has 1 aromatic rings. The second-order valence-corrected chi connectivity index (χ2v) is 4.56. The van der Waals surface area contributed by atoms with Gasteiger partial charge in [-0.2, -0.15) is 0 Å². The molecule has 3 nitrogen and oxygen atoms in total. The lowest BCUT2D eigenvalue weighted by atomic mass is 9.88. The number of hydrogen-bond donors (Lipinski definition) is 2. The normalized spacial score (nSPS) is 14.3. The standard InChI is InChI=1S/C12H21N3/c1-12(2,15(3)4)11(14-13)10-8-6-5-7-9-10/h5-9,11,14H,13H2,1-4H3. The zero-order valence-corrected chi connectivity index (χ0v) is 9.99. The third-order valence-corrected chi connectivity index (χ3v) is 3.16. The summed E-state index contributed by atoms with van der Waals surface area (Å²) >= 11 is 0. The molecule has 0 aromatic heterocycles. The van der Waals surface area contributed by atoms with E-state index >= 15 is 0 Å². The van der Waals surface area contributed by atoms with Gasteiger partial charge in [-0.15, -0.1) is 0 Å². The lowest BCUT2D eigenvalue weighted by molar-refractivity contribution is 0.138. The van der Waals surface area contributed by atoms with Crippen LogP contribution >= 0.6 is 0 Å². The van der Waals surface area contributed by atoms with Crippen LogP contribution in [0.25, 0.3) is 0 Å². The van der Waals surface area contributed by atoms with E-state index in [4.69, 9.17) is 5.84 Å². The highest BCUT2D eigenvalue weighted by Crippen LogP contribution is 2.28. The van der Waals surface area contributed by atoms with Gasteiger partial charge in [0.05, 0.1) is 6.04 Å². The van der Waals surface area contributed by atoms with Crippen LogP contribution in [-0.4, -0.2) is 24.5 Å². The van der Waals surface area contributed by atoms with Gasteiger partial charge in [0.2, 0.25) is 0 Å². The third-order valence-electron chi connectivity index (χ3n) is 3.16. The summed E-state index contributed by atoms with van der Waals surface area (Å²) in [5.41, 5.74) is 4.07. The molecule has 1 rings (SSSR count). The van der Waals surface area contributed by atoms with Crippen molar-refractivity contribution in [3.63, 3.8) is 0 Å². The molecule has 0 radical (unpaired) electrons. The molecule has 0 aliphatic carbocycles. The summed E-state index contributed by atoms with van der Waals surface area (Å²) in [5, 5.41) is 0. The van der Waals surface area contributed by atoms with Crippen molar-refractivity contribution in [1.82, 2.24) is 10.3 Å². The Balaban J connectivity index is 2.99. The Hall–Kier alpha value is -0.900. The van der Waals surface area contributed by atoms with Crippen LogP contribution in [0.2, 0.25) is 0 Å². The third kappa shape index (κ3) is 2.56. The van der Waals surface area contributed by atoms with Crippen molar-refractivity contribution in [1.29, 1.82) is 0 Å². The number of hydrogen-bond acceptors (Lipinski definition) is 3. The lowest BCUT2D eigenvalue weighted by Gasteiger charge is -2.40. The predicted octanol–water partition coefficient (Wildman–Crippen LogP) is 1.53. The fraction of sp³-hybridized carbons (Fsp3) is 0.500. The van der Waals surface area contributed by atoms with Gasteiger partial charge in [0, 0.05) is 5.54 Å². The molecule has 0 heterocycles. The van der Waals surface area contributed by atoms with E-state index in [-0.39, 0.29) is 11.6 Å². The zero-order chi connectivity index (χ0) is 11.5. The number of nitrogens with zero attached hydrogens (tertiary/aromatic N) is 1. The molecule has 1 atom stereocenters. The van der Waals surface area contributed by atoms with Gasteiger partial charge in [-0.05, 0) is 33.5 Å². The van der Waals surface area contributed by atoms with E-state index in [2.05, 4.69) is 50.4 Å². The van der Waals surface area contributed by atoms with Crippen LogP contribution in [0.5, 0.6) is 0 Å². The number of likely N-dealkylation sites (N-methyl/N-ethyl adjacent to an activating group) is 1. The molecule has 3 N–H and O–H groups in total. The van der Waals surface area contributed by atoms with Gasteiger partial charge in [0.25, 0.3) is 0 Å². The average molecular weight is 207 g/mol. The molecule has 0 fully saturated rings. The first-order chi connectivity index (χ1) is 7.00. The summed E-state index contributed by atoms with van der Waals surface area (Å²) in [6.45, 7) is 4.34. The van der Waals surface area contributed by atoms with Crippen LogP contribution in [0.3, 0.4) is 0 Å². The second-order valence-electron chi connectivity index (χ2n) is 4.56. The van der Waals surface area contributed by atoms with Crippen molar-refractivity contribution in [2.24, 2.45) is 5.84 Å². The topological polar surface area (TPSA) is 41.3 Å². The monoisotopic (exact) mass is 207 g/mol. The molecule has 15 heavy (non-hydrogen) atoms. The first-order valence-electron chi connectivity index (χ1n) is 5.18. The summed E-state index contributed by atoms with van der Waals surface area (Å²) in [6.07, 6.45) is 0.